The predicted octanol–water partition coefficient (Wildman–Crippen LogP) is 8.28. The van der Waals surface area contributed by atoms with Gasteiger partial charge in [-0.3, -0.25) is 14.1 Å². The van der Waals surface area contributed by atoms with Gasteiger partial charge in [0.25, 0.3) is 21.9 Å². The second-order valence-corrected chi connectivity index (χ2v) is 21.6. The molecule has 0 atom stereocenters. The summed E-state index contributed by atoms with van der Waals surface area (Å²) in [6.45, 7) is 9.76. The Morgan fingerprint density at radius 2 is 1.46 bits per heavy atom. The highest BCUT2D eigenvalue weighted by atomic mass is 32.2. The summed E-state index contributed by atoms with van der Waals surface area (Å²) in [5.74, 6) is -1.18. The maximum atomic E-state index is 12.5. The fourth-order valence-electron chi connectivity index (χ4n) is 9.47. The number of fused-ring (bicyclic) bond motifs is 2. The van der Waals surface area contributed by atoms with Crippen molar-refractivity contribution >= 4 is 55.1 Å². The number of benzene rings is 3. The molecule has 0 spiro atoms. The molecule has 3 aromatic rings. The summed E-state index contributed by atoms with van der Waals surface area (Å²) in [7, 11) is -8.41. The smallest absolute Gasteiger partial charge is 0.333 e. The highest BCUT2D eigenvalue weighted by Crippen LogP contribution is 2.48. The zero-order valence-corrected chi connectivity index (χ0v) is 40.2. The molecule has 4 aliphatic rings. The zero-order chi connectivity index (χ0) is 48.1. The summed E-state index contributed by atoms with van der Waals surface area (Å²) in [6.07, 6.45) is 12.7. The number of amides is 2. The van der Waals surface area contributed by atoms with E-state index in [9.17, 15) is 40.3 Å². The lowest BCUT2D eigenvalue weighted by Gasteiger charge is -2.27. The van der Waals surface area contributed by atoms with Crippen LogP contribution in [0.15, 0.2) is 120 Å². The number of rotatable bonds is 19. The molecule has 1 saturated heterocycles. The third-order valence-electron chi connectivity index (χ3n) is 13.0. The van der Waals surface area contributed by atoms with E-state index in [-0.39, 0.29) is 36.9 Å². The van der Waals surface area contributed by atoms with Crippen molar-refractivity contribution in [1.29, 1.82) is 0 Å². The standard InChI is InChI=1S/C51H59N3O11S2/c1-50(2)40-16-5-7-18-42(40)52(32-9-11-34-66(58,59)60)44(50)27-23-37-14-13-15-38(24-28-45-51(3,4)41-17-6-8-19-43(41)53(45)33-10-12-35-67(61,62)63)49(37)64-39-25-20-36(21-26-39)22-31-48(57)65-54-46(55)29-30-47(54)56/h5-8,16-21,23-28H,9-15,22,29-35H2,1-4H3,(H-,58,59,60,61,62,63). The van der Waals surface area contributed by atoms with Crippen LogP contribution in [-0.4, -0.2) is 83.7 Å². The Balaban J connectivity index is 1.23. The van der Waals surface area contributed by atoms with Gasteiger partial charge in [-0.1, -0.05) is 68.5 Å². The van der Waals surface area contributed by atoms with Crippen molar-refractivity contribution in [2.75, 3.05) is 29.5 Å². The zero-order valence-electron chi connectivity index (χ0n) is 38.5. The molecule has 0 bridgehead atoms. The third-order valence-corrected chi connectivity index (χ3v) is 14.6. The first-order chi connectivity index (χ1) is 31.7. The van der Waals surface area contributed by atoms with E-state index < -0.39 is 49.2 Å². The van der Waals surface area contributed by atoms with Gasteiger partial charge in [-0.25, -0.2) is 13.2 Å². The molecule has 16 heteroatoms. The van der Waals surface area contributed by atoms with E-state index in [4.69, 9.17) is 9.57 Å². The largest absolute Gasteiger partial charge is 0.748 e. The maximum absolute atomic E-state index is 12.5. The molecular weight excluding hydrogens is 895 g/mol. The van der Waals surface area contributed by atoms with E-state index in [0.717, 1.165) is 69.9 Å². The van der Waals surface area contributed by atoms with Gasteiger partial charge in [-0.15, -0.1) is 5.06 Å². The van der Waals surface area contributed by atoms with Crippen LogP contribution in [0.3, 0.4) is 0 Å². The number of para-hydroxylation sites is 2. The molecular formula is C51H59N3O11S2. The van der Waals surface area contributed by atoms with Crippen molar-refractivity contribution in [3.63, 3.8) is 0 Å². The maximum Gasteiger partial charge on any atom is 0.333 e. The summed E-state index contributed by atoms with van der Waals surface area (Å²) in [5, 5.41) is 0.552. The molecule has 3 heterocycles. The van der Waals surface area contributed by atoms with Crippen molar-refractivity contribution in [3.8, 4) is 5.75 Å². The van der Waals surface area contributed by atoms with Crippen LogP contribution >= 0.6 is 0 Å². The number of imide groups is 1. The second-order valence-electron chi connectivity index (χ2n) is 18.5. The van der Waals surface area contributed by atoms with E-state index >= 15 is 0 Å². The Morgan fingerprint density at radius 1 is 0.791 bits per heavy atom. The molecule has 0 aromatic heterocycles. The highest BCUT2D eigenvalue weighted by Gasteiger charge is 2.44. The van der Waals surface area contributed by atoms with Crippen LogP contribution in [0.25, 0.3) is 0 Å². The molecule has 0 radical (unpaired) electrons. The Hall–Kier alpha value is -5.68. The lowest BCUT2D eigenvalue weighted by molar-refractivity contribution is -0.438. The van der Waals surface area contributed by atoms with Gasteiger partial charge in [0, 0.05) is 66.1 Å². The molecule has 7 rings (SSSR count). The van der Waals surface area contributed by atoms with Crippen molar-refractivity contribution in [2.24, 2.45) is 0 Å². The Morgan fingerprint density at radius 3 is 2.16 bits per heavy atom. The van der Waals surface area contributed by atoms with Crippen molar-refractivity contribution in [3.05, 3.63) is 136 Å². The number of nitrogens with zero attached hydrogens (tertiary/aromatic N) is 3. The quantitative estimate of drug-likeness (QED) is 0.0525. The van der Waals surface area contributed by atoms with Gasteiger partial charge >= 0.3 is 5.97 Å². The first-order valence-electron chi connectivity index (χ1n) is 22.9. The van der Waals surface area contributed by atoms with Gasteiger partial charge < -0.3 is 19.0 Å². The number of hydroxylamine groups is 2. The molecule has 356 valence electrons. The van der Waals surface area contributed by atoms with Gasteiger partial charge in [0.1, 0.15) is 18.1 Å². The molecule has 14 nitrogen and oxygen atoms in total. The molecule has 1 fully saturated rings. The van der Waals surface area contributed by atoms with Crippen LogP contribution in [0, 0.1) is 0 Å². The van der Waals surface area contributed by atoms with Crippen LogP contribution in [0.5, 0.6) is 5.75 Å². The van der Waals surface area contributed by atoms with Crippen molar-refractivity contribution in [2.45, 2.75) is 109 Å². The molecule has 3 aliphatic heterocycles. The SMILES string of the molecule is CC1(C)C(/C=C/C2=C(Oc3ccc(CCC(=O)ON4C(=O)CCC4=O)cc3)C(=C/C=C3/N(CCCCS(=O)(=O)[O-])c4ccccc4C3(C)C)/CCC2)=[N+](CCCCS(=O)(=O)O)c2ccccc21. The Labute approximate surface area is 393 Å². The van der Waals surface area contributed by atoms with Crippen molar-refractivity contribution in [1.82, 2.24) is 5.06 Å². The minimum atomic E-state index is -4.33. The average Bonchev–Trinajstić information content (AvgIpc) is 3.79. The van der Waals surface area contributed by atoms with Crippen LogP contribution in [0.1, 0.15) is 109 Å². The van der Waals surface area contributed by atoms with Gasteiger partial charge in [-0.2, -0.15) is 13.0 Å². The van der Waals surface area contributed by atoms with Crippen molar-refractivity contribution < 1.29 is 54.5 Å². The molecule has 0 unspecified atom stereocenters. The molecule has 0 saturated carbocycles. The Kier molecular flexibility index (Phi) is 14.9. The summed E-state index contributed by atoms with van der Waals surface area (Å²) in [5.41, 5.74) is 8.43. The minimum absolute atomic E-state index is 0.0207. The van der Waals surface area contributed by atoms with E-state index in [2.05, 4.69) is 85.7 Å². The van der Waals surface area contributed by atoms with Gasteiger partial charge in [0.05, 0.1) is 27.7 Å². The number of ether oxygens (including phenoxy) is 1. The summed E-state index contributed by atoms with van der Waals surface area (Å²) >= 11 is 0. The number of aryl methyl sites for hydroxylation is 1. The van der Waals surface area contributed by atoms with E-state index in [1.54, 1.807) is 0 Å². The van der Waals surface area contributed by atoms with E-state index in [0.29, 0.717) is 55.3 Å². The van der Waals surface area contributed by atoms with Crippen LogP contribution in [0.2, 0.25) is 0 Å². The third kappa shape index (κ3) is 11.7. The Bertz CT molecular complexity index is 2790. The highest BCUT2D eigenvalue weighted by molar-refractivity contribution is 7.85. The summed E-state index contributed by atoms with van der Waals surface area (Å²) in [6, 6.07) is 23.8. The molecule has 67 heavy (non-hydrogen) atoms. The predicted molar refractivity (Wildman–Crippen MR) is 254 cm³/mol. The number of carbonyl (C=O) groups excluding carboxylic acids is 3. The fraction of sp³-hybridized carbons (Fsp3) is 0.412. The molecule has 2 amide bonds. The van der Waals surface area contributed by atoms with E-state index in [1.807, 2.05) is 48.5 Å². The molecule has 1 aliphatic carbocycles. The van der Waals surface area contributed by atoms with Gasteiger partial charge in [0.2, 0.25) is 5.69 Å². The summed E-state index contributed by atoms with van der Waals surface area (Å²) in [4.78, 5) is 43.7. The lowest BCUT2D eigenvalue weighted by Crippen LogP contribution is -2.32. The topological polar surface area (TPSA) is 191 Å². The normalized spacial score (nSPS) is 19.3. The first-order valence-corrected chi connectivity index (χ1v) is 26.1. The summed E-state index contributed by atoms with van der Waals surface area (Å²) < 4.78 is 75.9. The second kappa shape index (κ2) is 20.3. The number of hydrogen-bond acceptors (Lipinski definition) is 11. The number of unbranched alkanes of at least 4 members (excludes halogenated alkanes) is 2. The lowest BCUT2D eigenvalue weighted by atomic mass is 9.81. The van der Waals surface area contributed by atoms with E-state index in [1.165, 1.54) is 0 Å². The van der Waals surface area contributed by atoms with Gasteiger partial charge in [0.15, 0.2) is 5.71 Å². The molecule has 1 N–H and O–H groups in total. The number of anilines is 1. The fourth-order valence-corrected chi connectivity index (χ4v) is 10.6. The monoisotopic (exact) mass is 953 g/mol. The average molecular weight is 954 g/mol. The van der Waals surface area contributed by atoms with Crippen LogP contribution in [-0.2, 0) is 56.7 Å². The van der Waals surface area contributed by atoms with Crippen LogP contribution < -0.4 is 9.64 Å². The van der Waals surface area contributed by atoms with Gasteiger partial charge in [-0.05, 0) is 111 Å². The molecule has 3 aromatic carbocycles. The number of carbonyl (C=O) groups is 3. The number of hydrogen-bond donors (Lipinski definition) is 1. The number of allylic oxidation sites excluding steroid dienone is 7. The van der Waals surface area contributed by atoms with Crippen LogP contribution in [0.4, 0.5) is 11.4 Å². The minimum Gasteiger partial charge on any atom is -0.748 e. The first kappa shape index (κ1) is 49.2.